The Hall–Kier alpha value is -0.980. The Morgan fingerprint density at radius 2 is 1.90 bits per heavy atom. The highest BCUT2D eigenvalue weighted by molar-refractivity contribution is 7.89. The molecule has 0 bridgehead atoms. The van der Waals surface area contributed by atoms with Crippen LogP contribution < -0.4 is 0 Å². The molecule has 1 aliphatic heterocycles. The molecule has 4 nitrogen and oxygen atoms in total. The van der Waals surface area contributed by atoms with E-state index in [0.29, 0.717) is 0 Å². The molecule has 0 aromatic heterocycles. The van der Waals surface area contributed by atoms with E-state index in [2.05, 4.69) is 0 Å². The summed E-state index contributed by atoms with van der Waals surface area (Å²) in [4.78, 5) is 0.0450. The second-order valence-electron chi connectivity index (χ2n) is 5.38. The lowest BCUT2D eigenvalue weighted by Gasteiger charge is -2.37. The van der Waals surface area contributed by atoms with Crippen LogP contribution >= 0.6 is 0 Å². The van der Waals surface area contributed by atoms with Crippen molar-refractivity contribution in [2.75, 3.05) is 0 Å². The fraction of sp³-hybridized carbons (Fsp3) is 0.571. The molecule has 2 rings (SSSR count). The average molecular weight is 301 g/mol. The van der Waals surface area contributed by atoms with Crippen LogP contribution in [0.5, 0.6) is 0 Å². The maximum Gasteiger partial charge on any atom is 0.243 e. The van der Waals surface area contributed by atoms with Crippen molar-refractivity contribution < 1.29 is 17.9 Å². The molecule has 1 heterocycles. The van der Waals surface area contributed by atoms with Gasteiger partial charge in [-0.3, -0.25) is 0 Å². The molecule has 1 fully saturated rings. The van der Waals surface area contributed by atoms with Crippen molar-refractivity contribution in [3.63, 3.8) is 0 Å². The van der Waals surface area contributed by atoms with Crippen LogP contribution in [0, 0.1) is 5.82 Å². The molecule has 1 aromatic rings. The number of aliphatic hydroxyl groups is 1. The van der Waals surface area contributed by atoms with E-state index in [0.717, 1.165) is 25.3 Å². The highest BCUT2D eigenvalue weighted by Crippen LogP contribution is 2.30. The van der Waals surface area contributed by atoms with Crippen molar-refractivity contribution in [2.24, 2.45) is 0 Å². The van der Waals surface area contributed by atoms with E-state index >= 15 is 0 Å². The van der Waals surface area contributed by atoms with E-state index in [1.807, 2.05) is 13.8 Å². The van der Waals surface area contributed by atoms with Crippen molar-refractivity contribution in [1.82, 2.24) is 4.31 Å². The maximum absolute atomic E-state index is 13.4. The van der Waals surface area contributed by atoms with Crippen LogP contribution in [0.3, 0.4) is 0 Å². The van der Waals surface area contributed by atoms with Gasteiger partial charge in [-0.1, -0.05) is 6.42 Å². The van der Waals surface area contributed by atoms with Gasteiger partial charge in [-0.05, 0) is 44.9 Å². The smallest absolute Gasteiger partial charge is 0.243 e. The first-order valence-corrected chi connectivity index (χ1v) is 8.24. The highest BCUT2D eigenvalue weighted by atomic mass is 32.2. The molecule has 0 radical (unpaired) electrons. The molecule has 0 saturated carbocycles. The quantitative estimate of drug-likeness (QED) is 0.931. The van der Waals surface area contributed by atoms with Gasteiger partial charge in [0.15, 0.2) is 0 Å². The Labute approximate surface area is 119 Å². The number of hydrogen-bond donors (Lipinski definition) is 1. The third-order valence-electron chi connectivity index (χ3n) is 3.88. The lowest BCUT2D eigenvalue weighted by Crippen LogP contribution is -2.47. The first kappa shape index (κ1) is 15.4. The van der Waals surface area contributed by atoms with Crippen molar-refractivity contribution in [1.29, 1.82) is 0 Å². The lowest BCUT2D eigenvalue weighted by atomic mass is 10.0. The fourth-order valence-electron chi connectivity index (χ4n) is 2.83. The van der Waals surface area contributed by atoms with E-state index in [4.69, 9.17) is 5.11 Å². The van der Waals surface area contributed by atoms with Crippen LogP contribution in [-0.4, -0.2) is 29.9 Å². The van der Waals surface area contributed by atoms with Gasteiger partial charge in [-0.25, -0.2) is 12.8 Å². The Kier molecular flexibility index (Phi) is 4.46. The van der Waals surface area contributed by atoms with Crippen LogP contribution in [0.2, 0.25) is 0 Å². The van der Waals surface area contributed by atoms with Gasteiger partial charge < -0.3 is 5.11 Å². The van der Waals surface area contributed by atoms with Gasteiger partial charge in [0.05, 0.1) is 11.5 Å². The number of hydrogen-bond acceptors (Lipinski definition) is 3. The average Bonchev–Trinajstić information content (AvgIpc) is 2.38. The predicted octanol–water partition coefficient (Wildman–Crippen LogP) is 2.27. The molecule has 1 aliphatic rings. The van der Waals surface area contributed by atoms with Gasteiger partial charge in [0.25, 0.3) is 0 Å². The summed E-state index contributed by atoms with van der Waals surface area (Å²) in [5.74, 6) is -0.591. The number of sulfonamides is 1. The third-order valence-corrected chi connectivity index (χ3v) is 6.00. The molecule has 20 heavy (non-hydrogen) atoms. The SMILES string of the molecule is CC1CCCC(C)N1S(=O)(=O)c1ccc(F)c(CO)c1. The van der Waals surface area contributed by atoms with Crippen LogP contribution in [0.25, 0.3) is 0 Å². The van der Waals surface area contributed by atoms with Gasteiger partial charge >= 0.3 is 0 Å². The lowest BCUT2D eigenvalue weighted by molar-refractivity contribution is 0.204. The summed E-state index contributed by atoms with van der Waals surface area (Å²) in [6.07, 6.45) is 2.68. The number of halogens is 1. The topological polar surface area (TPSA) is 57.6 Å². The largest absolute Gasteiger partial charge is 0.392 e. The van der Waals surface area contributed by atoms with Crippen molar-refractivity contribution in [2.45, 2.75) is 56.7 Å². The molecule has 0 spiro atoms. The Morgan fingerprint density at radius 1 is 1.30 bits per heavy atom. The molecule has 1 saturated heterocycles. The van der Waals surface area contributed by atoms with Crippen LogP contribution in [0.15, 0.2) is 23.1 Å². The molecule has 1 aromatic carbocycles. The molecule has 112 valence electrons. The zero-order chi connectivity index (χ0) is 14.9. The molecular weight excluding hydrogens is 281 g/mol. The molecular formula is C14H20FNO3S. The van der Waals surface area contributed by atoms with Gasteiger partial charge in [-0.2, -0.15) is 4.31 Å². The second-order valence-corrected chi connectivity index (χ2v) is 7.22. The minimum Gasteiger partial charge on any atom is -0.392 e. The standard InChI is InChI=1S/C14H20FNO3S/c1-10-4-3-5-11(2)16(10)20(18,19)13-6-7-14(15)12(8-13)9-17/h6-8,10-11,17H,3-5,9H2,1-2H3. The fourth-order valence-corrected chi connectivity index (χ4v) is 4.76. The molecule has 2 unspecified atom stereocenters. The number of nitrogens with zero attached hydrogens (tertiary/aromatic N) is 1. The van der Waals surface area contributed by atoms with E-state index < -0.39 is 22.4 Å². The van der Waals surface area contributed by atoms with E-state index in [1.54, 1.807) is 0 Å². The summed E-state index contributed by atoms with van der Waals surface area (Å²) < 4.78 is 40.3. The Bertz CT molecular complexity index is 578. The first-order valence-electron chi connectivity index (χ1n) is 6.80. The highest BCUT2D eigenvalue weighted by Gasteiger charge is 2.35. The number of rotatable bonds is 3. The predicted molar refractivity (Wildman–Crippen MR) is 74.1 cm³/mol. The monoisotopic (exact) mass is 301 g/mol. The second kappa shape index (κ2) is 5.79. The Balaban J connectivity index is 2.43. The molecule has 0 amide bonds. The van der Waals surface area contributed by atoms with E-state index in [1.165, 1.54) is 16.4 Å². The van der Waals surface area contributed by atoms with Gasteiger partial charge in [-0.15, -0.1) is 0 Å². The number of aliphatic hydroxyl groups excluding tert-OH is 1. The zero-order valence-electron chi connectivity index (χ0n) is 11.7. The summed E-state index contributed by atoms with van der Waals surface area (Å²) in [5.41, 5.74) is 0.00314. The molecule has 0 aliphatic carbocycles. The summed E-state index contributed by atoms with van der Waals surface area (Å²) in [6.45, 7) is 3.27. The summed E-state index contributed by atoms with van der Waals surface area (Å²) in [6, 6.07) is 3.45. The molecule has 2 atom stereocenters. The summed E-state index contributed by atoms with van der Waals surface area (Å²) >= 11 is 0. The molecule has 1 N–H and O–H groups in total. The minimum atomic E-state index is -3.65. The first-order chi connectivity index (χ1) is 9.37. The zero-order valence-corrected chi connectivity index (χ0v) is 12.5. The van der Waals surface area contributed by atoms with Crippen molar-refractivity contribution >= 4 is 10.0 Å². The van der Waals surface area contributed by atoms with Crippen molar-refractivity contribution in [3.8, 4) is 0 Å². The van der Waals surface area contributed by atoms with Crippen LogP contribution in [0.1, 0.15) is 38.7 Å². The van der Waals surface area contributed by atoms with Crippen LogP contribution in [0.4, 0.5) is 4.39 Å². The maximum atomic E-state index is 13.4. The van der Waals surface area contributed by atoms with Gasteiger partial charge in [0.1, 0.15) is 5.82 Å². The third kappa shape index (κ3) is 2.73. The minimum absolute atomic E-state index is 0.00314. The summed E-state index contributed by atoms with van der Waals surface area (Å²) in [7, 11) is -3.65. The van der Waals surface area contributed by atoms with E-state index in [9.17, 15) is 12.8 Å². The number of benzene rings is 1. The van der Waals surface area contributed by atoms with E-state index in [-0.39, 0.29) is 22.5 Å². The molecule has 6 heteroatoms. The van der Waals surface area contributed by atoms with Gasteiger partial charge in [0.2, 0.25) is 10.0 Å². The Morgan fingerprint density at radius 3 is 2.45 bits per heavy atom. The number of piperidine rings is 1. The van der Waals surface area contributed by atoms with Crippen molar-refractivity contribution in [3.05, 3.63) is 29.6 Å². The van der Waals surface area contributed by atoms with Gasteiger partial charge in [0, 0.05) is 17.6 Å². The summed E-state index contributed by atoms with van der Waals surface area (Å²) in [5, 5.41) is 9.07. The van der Waals surface area contributed by atoms with Crippen LogP contribution in [-0.2, 0) is 16.6 Å². The normalized spacial score (nSPS) is 24.8.